The third-order valence-corrected chi connectivity index (χ3v) is 4.42. The Morgan fingerprint density at radius 1 is 0.774 bits per heavy atom. The van der Waals surface area contributed by atoms with Crippen LogP contribution >= 0.6 is 0 Å². The number of nitrogens with one attached hydrogen (secondary N) is 1. The van der Waals surface area contributed by atoms with Crippen LogP contribution in [0.4, 0.5) is 5.69 Å². The molecule has 31 heavy (non-hydrogen) atoms. The maximum absolute atomic E-state index is 12.3. The normalized spacial score (nSPS) is 10.3. The molecule has 1 amide bonds. The Bertz CT molecular complexity index is 1050. The quantitative estimate of drug-likeness (QED) is 0.435. The molecule has 0 radical (unpaired) electrons. The van der Waals surface area contributed by atoms with Crippen molar-refractivity contribution in [1.29, 1.82) is 0 Å². The van der Waals surface area contributed by atoms with E-state index in [4.69, 9.17) is 9.47 Å². The van der Waals surface area contributed by atoms with Gasteiger partial charge >= 0.3 is 5.97 Å². The summed E-state index contributed by atoms with van der Waals surface area (Å²) in [7, 11) is 0. The molecule has 0 saturated heterocycles. The predicted octanol–water partition coefficient (Wildman–Crippen LogP) is 4.36. The Kier molecular flexibility index (Phi) is 7.17. The highest BCUT2D eigenvalue weighted by Crippen LogP contribution is 2.16. The van der Waals surface area contributed by atoms with Crippen LogP contribution in [-0.2, 0) is 9.53 Å². The third kappa shape index (κ3) is 6.54. The van der Waals surface area contributed by atoms with Crippen LogP contribution in [0.1, 0.15) is 31.8 Å². The van der Waals surface area contributed by atoms with E-state index in [0.29, 0.717) is 22.6 Å². The number of anilines is 1. The minimum atomic E-state index is -0.626. The van der Waals surface area contributed by atoms with Crippen LogP contribution in [-0.4, -0.2) is 30.9 Å². The van der Waals surface area contributed by atoms with Crippen LogP contribution < -0.4 is 10.1 Å². The van der Waals surface area contributed by atoms with E-state index in [1.54, 1.807) is 48.5 Å². The SMILES string of the molecule is Cc1cc(C)cc(OCC(=O)OCC(=O)c2ccc(NC(=O)c3ccccc3)cc2)c1. The number of hydrogen-bond donors (Lipinski definition) is 1. The first-order valence-electron chi connectivity index (χ1n) is 9.77. The topological polar surface area (TPSA) is 81.7 Å². The molecule has 0 spiro atoms. The Morgan fingerprint density at radius 2 is 1.42 bits per heavy atom. The highest BCUT2D eigenvalue weighted by atomic mass is 16.6. The standard InChI is InChI=1S/C25H23NO5/c1-17-12-18(2)14-22(13-17)30-16-24(28)31-15-23(27)19-8-10-21(11-9-19)26-25(29)20-6-4-3-5-7-20/h3-14H,15-16H2,1-2H3,(H,26,29). The van der Waals surface area contributed by atoms with Crippen LogP contribution in [0.25, 0.3) is 0 Å². The van der Waals surface area contributed by atoms with Gasteiger partial charge in [0.1, 0.15) is 5.75 Å². The predicted molar refractivity (Wildman–Crippen MR) is 118 cm³/mol. The Labute approximate surface area is 180 Å². The van der Waals surface area contributed by atoms with E-state index in [1.165, 1.54) is 0 Å². The van der Waals surface area contributed by atoms with Crippen molar-refractivity contribution >= 4 is 23.3 Å². The lowest BCUT2D eigenvalue weighted by Gasteiger charge is -2.09. The van der Waals surface area contributed by atoms with Crippen LogP contribution in [0.2, 0.25) is 0 Å². The number of hydrogen-bond acceptors (Lipinski definition) is 5. The van der Waals surface area contributed by atoms with Crippen molar-refractivity contribution in [3.05, 3.63) is 95.1 Å². The lowest BCUT2D eigenvalue weighted by Crippen LogP contribution is -2.19. The van der Waals surface area contributed by atoms with Crippen LogP contribution in [0.5, 0.6) is 5.75 Å². The van der Waals surface area contributed by atoms with Crippen molar-refractivity contribution in [2.45, 2.75) is 13.8 Å². The van der Waals surface area contributed by atoms with Crippen molar-refractivity contribution in [2.75, 3.05) is 18.5 Å². The molecular weight excluding hydrogens is 394 g/mol. The minimum Gasteiger partial charge on any atom is -0.482 e. The number of ether oxygens (including phenoxy) is 2. The number of rotatable bonds is 8. The molecule has 0 aliphatic rings. The molecule has 1 N–H and O–H groups in total. The first-order valence-corrected chi connectivity index (χ1v) is 9.77. The molecule has 0 aromatic heterocycles. The summed E-state index contributed by atoms with van der Waals surface area (Å²) in [4.78, 5) is 36.3. The second-order valence-electron chi connectivity index (χ2n) is 7.09. The molecule has 3 rings (SSSR count). The lowest BCUT2D eigenvalue weighted by molar-refractivity contribution is -0.144. The first kappa shape index (κ1) is 21.8. The van der Waals surface area contributed by atoms with Crippen molar-refractivity contribution < 1.29 is 23.9 Å². The Morgan fingerprint density at radius 3 is 2.06 bits per heavy atom. The molecule has 6 heteroatoms. The van der Waals surface area contributed by atoms with Gasteiger partial charge in [-0.1, -0.05) is 24.3 Å². The van der Waals surface area contributed by atoms with Gasteiger partial charge in [0.2, 0.25) is 0 Å². The summed E-state index contributed by atoms with van der Waals surface area (Å²) in [6.45, 7) is 3.22. The molecule has 3 aromatic rings. The summed E-state index contributed by atoms with van der Waals surface area (Å²) < 4.78 is 10.4. The van der Waals surface area contributed by atoms with E-state index in [1.807, 2.05) is 38.1 Å². The van der Waals surface area contributed by atoms with Crippen molar-refractivity contribution in [2.24, 2.45) is 0 Å². The van der Waals surface area contributed by atoms with Crippen LogP contribution in [0, 0.1) is 13.8 Å². The number of benzene rings is 3. The Balaban J connectivity index is 1.46. The van der Waals surface area contributed by atoms with Gasteiger partial charge in [-0.15, -0.1) is 0 Å². The zero-order valence-electron chi connectivity index (χ0n) is 17.4. The van der Waals surface area contributed by atoms with Gasteiger partial charge in [0, 0.05) is 16.8 Å². The van der Waals surface area contributed by atoms with E-state index >= 15 is 0 Å². The second-order valence-corrected chi connectivity index (χ2v) is 7.09. The van der Waals surface area contributed by atoms with Crippen LogP contribution in [0.3, 0.4) is 0 Å². The second kappa shape index (κ2) is 10.2. The average molecular weight is 417 g/mol. The molecule has 0 heterocycles. The maximum atomic E-state index is 12.3. The number of aryl methyl sites for hydroxylation is 2. The smallest absolute Gasteiger partial charge is 0.344 e. The summed E-state index contributed by atoms with van der Waals surface area (Å²) in [5.41, 5.74) is 3.53. The summed E-state index contributed by atoms with van der Waals surface area (Å²) in [5, 5.41) is 2.76. The van der Waals surface area contributed by atoms with Crippen LogP contribution in [0.15, 0.2) is 72.8 Å². The van der Waals surface area contributed by atoms with Gasteiger partial charge in [-0.05, 0) is 73.5 Å². The average Bonchev–Trinajstić information content (AvgIpc) is 2.76. The summed E-state index contributed by atoms with van der Waals surface area (Å²) >= 11 is 0. The Hall–Kier alpha value is -3.93. The first-order chi connectivity index (χ1) is 14.9. The zero-order chi connectivity index (χ0) is 22.2. The number of Topliss-reactive ketones (excluding diaryl/α,β-unsaturated/α-hetero) is 1. The van der Waals surface area contributed by atoms with Gasteiger partial charge < -0.3 is 14.8 Å². The molecule has 0 aliphatic carbocycles. The van der Waals surface area contributed by atoms with Gasteiger partial charge in [-0.2, -0.15) is 0 Å². The zero-order valence-corrected chi connectivity index (χ0v) is 17.4. The summed E-state index contributed by atoms with van der Waals surface area (Å²) in [6.07, 6.45) is 0. The monoisotopic (exact) mass is 417 g/mol. The fourth-order valence-corrected chi connectivity index (χ4v) is 2.96. The number of amides is 1. The van der Waals surface area contributed by atoms with Gasteiger partial charge in [0.25, 0.3) is 5.91 Å². The maximum Gasteiger partial charge on any atom is 0.344 e. The number of ketones is 1. The molecule has 0 unspecified atom stereocenters. The van der Waals surface area contributed by atoms with Gasteiger partial charge in [0.05, 0.1) is 0 Å². The highest BCUT2D eigenvalue weighted by molar-refractivity contribution is 6.04. The number of carbonyl (C=O) groups is 3. The van der Waals surface area contributed by atoms with Crippen molar-refractivity contribution in [3.63, 3.8) is 0 Å². The number of esters is 1. The number of carbonyl (C=O) groups excluding carboxylic acids is 3. The van der Waals surface area contributed by atoms with E-state index in [9.17, 15) is 14.4 Å². The molecule has 0 atom stereocenters. The molecule has 158 valence electrons. The third-order valence-electron chi connectivity index (χ3n) is 4.42. The minimum absolute atomic E-state index is 0.239. The summed E-state index contributed by atoms with van der Waals surface area (Å²) in [5.74, 6) is -0.633. The van der Waals surface area contributed by atoms with Gasteiger partial charge in [-0.25, -0.2) is 4.79 Å². The highest BCUT2D eigenvalue weighted by Gasteiger charge is 2.12. The van der Waals surface area contributed by atoms with Gasteiger partial charge in [0.15, 0.2) is 19.0 Å². The molecule has 3 aromatic carbocycles. The molecule has 0 aliphatic heterocycles. The lowest BCUT2D eigenvalue weighted by atomic mass is 10.1. The fraction of sp³-hybridized carbons (Fsp3) is 0.160. The molecule has 0 bridgehead atoms. The van der Waals surface area contributed by atoms with E-state index in [2.05, 4.69) is 5.32 Å². The van der Waals surface area contributed by atoms with E-state index < -0.39 is 5.97 Å². The molecule has 0 fully saturated rings. The summed E-state index contributed by atoms with van der Waals surface area (Å²) in [6, 6.07) is 20.9. The van der Waals surface area contributed by atoms with Crippen molar-refractivity contribution in [1.82, 2.24) is 0 Å². The fourth-order valence-electron chi connectivity index (χ4n) is 2.96. The molecule has 6 nitrogen and oxygen atoms in total. The largest absolute Gasteiger partial charge is 0.482 e. The van der Waals surface area contributed by atoms with E-state index in [-0.39, 0.29) is 24.9 Å². The van der Waals surface area contributed by atoms with E-state index in [0.717, 1.165) is 11.1 Å². The van der Waals surface area contributed by atoms with Crippen molar-refractivity contribution in [3.8, 4) is 5.75 Å². The van der Waals surface area contributed by atoms with Gasteiger partial charge in [-0.3, -0.25) is 9.59 Å². The molecule has 0 saturated carbocycles. The molecular formula is C25H23NO5.